The lowest BCUT2D eigenvalue weighted by atomic mass is 10.1. The maximum Gasteiger partial charge on any atom is 0.181 e. The highest BCUT2D eigenvalue weighted by Crippen LogP contribution is 2.02. The first-order chi connectivity index (χ1) is 5.20. The molecule has 1 aliphatic carbocycles. The van der Waals surface area contributed by atoms with Crippen molar-refractivity contribution in [1.29, 1.82) is 0 Å². The second-order valence-electron chi connectivity index (χ2n) is 1.93. The minimum Gasteiger partial charge on any atom is -0.290 e. The molecule has 0 bridgehead atoms. The van der Waals surface area contributed by atoms with Crippen molar-refractivity contribution in [1.82, 2.24) is 0 Å². The summed E-state index contributed by atoms with van der Waals surface area (Å²) in [5.41, 5.74) is 0.516. The van der Waals surface area contributed by atoms with E-state index in [1.54, 1.807) is 6.92 Å². The Morgan fingerprint density at radius 2 is 1.58 bits per heavy atom. The molecule has 0 saturated heterocycles. The molecule has 0 aromatic carbocycles. The lowest BCUT2D eigenvalue weighted by molar-refractivity contribution is -0.114. The van der Waals surface area contributed by atoms with Crippen LogP contribution >= 0.6 is 0 Å². The van der Waals surface area contributed by atoms with E-state index in [0.29, 0.717) is 5.57 Å². The number of allylic oxidation sites excluding steroid dienone is 4. The maximum absolute atomic E-state index is 10.6. The van der Waals surface area contributed by atoms with E-state index in [1.165, 1.54) is 18.2 Å². The Morgan fingerprint density at radius 3 is 1.92 bits per heavy atom. The molecule has 0 radical (unpaired) electrons. The zero-order valence-corrected chi connectivity index (χ0v) is 7.05. The fourth-order valence-corrected chi connectivity index (χ4v) is 0.622. The van der Waals surface area contributed by atoms with Crippen molar-refractivity contribution in [2.45, 2.75) is 28.2 Å². The number of carbonyl (C=O) groups excluding carboxylic acids is 2. The van der Waals surface area contributed by atoms with Crippen molar-refractivity contribution in [3.05, 3.63) is 23.8 Å². The highest BCUT2D eigenvalue weighted by molar-refractivity contribution is 6.16. The average Bonchev–Trinajstić information content (AvgIpc) is 2.02. The Kier molecular flexibility index (Phi) is 7.29. The first-order valence-corrected chi connectivity index (χ1v) is 3.65. The number of rotatable bonds is 0. The van der Waals surface area contributed by atoms with Gasteiger partial charge in [0.05, 0.1) is 0 Å². The predicted octanol–water partition coefficient (Wildman–Crippen LogP) is 2.30. The minimum atomic E-state index is -0.105. The van der Waals surface area contributed by atoms with Gasteiger partial charge < -0.3 is 0 Å². The van der Waals surface area contributed by atoms with Gasteiger partial charge in [-0.25, -0.2) is 0 Å². The molecule has 0 aliphatic heterocycles. The lowest BCUT2D eigenvalue weighted by Gasteiger charge is -1.96. The fraction of sp³-hybridized carbons (Fsp3) is 0.400. The van der Waals surface area contributed by atoms with Crippen LogP contribution in [0.2, 0.25) is 0 Å². The first-order valence-electron chi connectivity index (χ1n) is 3.65. The molecular weight excluding hydrogens is 152 g/mol. The average molecular weight is 168 g/mol. The molecule has 0 amide bonds. The van der Waals surface area contributed by atoms with Crippen molar-refractivity contribution >= 4 is 11.6 Å². The number of hydrogen-bond donors (Lipinski definition) is 0. The summed E-state index contributed by atoms with van der Waals surface area (Å²) >= 11 is 0. The number of ketones is 2. The summed E-state index contributed by atoms with van der Waals surface area (Å²) < 4.78 is 0. The molecule has 2 heteroatoms. The van der Waals surface area contributed by atoms with Gasteiger partial charge in [-0.2, -0.15) is 0 Å². The molecule has 0 unspecified atom stereocenters. The van der Waals surface area contributed by atoms with Crippen LogP contribution in [-0.4, -0.2) is 11.6 Å². The number of carbonyl (C=O) groups is 2. The van der Waals surface area contributed by atoms with Gasteiger partial charge in [-0.05, 0) is 25.2 Å². The van der Waals surface area contributed by atoms with Crippen molar-refractivity contribution in [3.63, 3.8) is 0 Å². The van der Waals surface area contributed by atoms with E-state index in [1.807, 2.05) is 13.8 Å². The zero-order valence-electron chi connectivity index (χ0n) is 7.05. The van der Waals surface area contributed by atoms with Gasteiger partial charge in [0.25, 0.3) is 0 Å². The SMILES string of the molecule is C.CC.CC1=CC(=O)C=CC1=O. The van der Waals surface area contributed by atoms with Gasteiger partial charge in [0, 0.05) is 5.57 Å². The van der Waals surface area contributed by atoms with Gasteiger partial charge in [0.1, 0.15) is 0 Å². The Labute approximate surface area is 74.0 Å². The molecule has 0 atom stereocenters. The summed E-state index contributed by atoms with van der Waals surface area (Å²) in [5, 5.41) is 0. The van der Waals surface area contributed by atoms with Gasteiger partial charge in [-0.1, -0.05) is 21.3 Å². The number of hydrogen-bond acceptors (Lipinski definition) is 2. The summed E-state index contributed by atoms with van der Waals surface area (Å²) in [5.74, 6) is -0.179. The summed E-state index contributed by atoms with van der Waals surface area (Å²) in [4.78, 5) is 21.1. The van der Waals surface area contributed by atoms with E-state index in [-0.39, 0.29) is 19.0 Å². The molecule has 2 nitrogen and oxygen atoms in total. The Hall–Kier alpha value is -1.18. The van der Waals surface area contributed by atoms with Crippen LogP contribution in [0.25, 0.3) is 0 Å². The van der Waals surface area contributed by atoms with Gasteiger partial charge >= 0.3 is 0 Å². The van der Waals surface area contributed by atoms with Crippen LogP contribution in [0, 0.1) is 0 Å². The molecule has 0 aromatic heterocycles. The van der Waals surface area contributed by atoms with Crippen LogP contribution in [0.1, 0.15) is 28.2 Å². The fourth-order valence-electron chi connectivity index (χ4n) is 0.622. The summed E-state index contributed by atoms with van der Waals surface area (Å²) in [6.45, 7) is 5.63. The zero-order chi connectivity index (χ0) is 8.85. The van der Waals surface area contributed by atoms with Crippen LogP contribution in [-0.2, 0) is 9.59 Å². The molecule has 0 heterocycles. The second kappa shape index (κ2) is 6.53. The Morgan fingerprint density at radius 1 is 1.08 bits per heavy atom. The molecule has 0 aromatic rings. The van der Waals surface area contributed by atoms with Crippen LogP contribution in [0.4, 0.5) is 0 Å². The molecule has 0 fully saturated rings. The molecule has 1 rings (SSSR count). The monoisotopic (exact) mass is 168 g/mol. The molecule has 12 heavy (non-hydrogen) atoms. The van der Waals surface area contributed by atoms with Crippen molar-refractivity contribution in [3.8, 4) is 0 Å². The third-order valence-electron chi connectivity index (χ3n) is 1.15. The van der Waals surface area contributed by atoms with Crippen LogP contribution in [0.3, 0.4) is 0 Å². The van der Waals surface area contributed by atoms with Crippen LogP contribution in [0.15, 0.2) is 23.8 Å². The highest BCUT2D eigenvalue weighted by atomic mass is 16.1. The van der Waals surface area contributed by atoms with Gasteiger partial charge in [0.15, 0.2) is 11.6 Å². The van der Waals surface area contributed by atoms with Crippen molar-refractivity contribution in [2.24, 2.45) is 0 Å². The first kappa shape index (κ1) is 13.4. The van der Waals surface area contributed by atoms with E-state index in [0.717, 1.165) is 0 Å². The van der Waals surface area contributed by atoms with Crippen LogP contribution < -0.4 is 0 Å². The molecule has 1 aliphatic rings. The smallest absolute Gasteiger partial charge is 0.181 e. The maximum atomic E-state index is 10.6. The molecule has 0 spiro atoms. The Balaban J connectivity index is 0. The van der Waals surface area contributed by atoms with E-state index < -0.39 is 0 Å². The van der Waals surface area contributed by atoms with Gasteiger partial charge in [-0.3, -0.25) is 9.59 Å². The van der Waals surface area contributed by atoms with E-state index >= 15 is 0 Å². The second-order valence-corrected chi connectivity index (χ2v) is 1.93. The summed E-state index contributed by atoms with van der Waals surface area (Å²) in [7, 11) is 0. The van der Waals surface area contributed by atoms with Gasteiger partial charge in [-0.15, -0.1) is 0 Å². The van der Waals surface area contributed by atoms with Crippen molar-refractivity contribution in [2.75, 3.05) is 0 Å². The third-order valence-corrected chi connectivity index (χ3v) is 1.15. The van der Waals surface area contributed by atoms with Crippen LogP contribution in [0.5, 0.6) is 0 Å². The molecule has 0 N–H and O–H groups in total. The van der Waals surface area contributed by atoms with Gasteiger partial charge in [0.2, 0.25) is 0 Å². The largest absolute Gasteiger partial charge is 0.290 e. The summed E-state index contributed by atoms with van der Waals surface area (Å²) in [6, 6.07) is 0. The topological polar surface area (TPSA) is 34.1 Å². The predicted molar refractivity (Wildman–Crippen MR) is 51.0 cm³/mol. The standard InChI is InChI=1S/C7H6O2.C2H6.CH4/c1-5-4-6(8)2-3-7(5)9;1-2;/h2-4H,1H3;1-2H3;1H4. The normalized spacial score (nSPS) is 14.1. The highest BCUT2D eigenvalue weighted by Gasteiger charge is 2.06. The summed E-state index contributed by atoms with van der Waals surface area (Å²) in [6.07, 6.45) is 3.90. The van der Waals surface area contributed by atoms with E-state index in [4.69, 9.17) is 0 Å². The lowest BCUT2D eigenvalue weighted by Crippen LogP contribution is -2.03. The molecular formula is C10H16O2. The Bertz CT molecular complexity index is 222. The quantitative estimate of drug-likeness (QED) is 0.520. The minimum absolute atomic E-state index is 0. The third kappa shape index (κ3) is 3.86. The van der Waals surface area contributed by atoms with E-state index in [2.05, 4.69) is 0 Å². The van der Waals surface area contributed by atoms with Crippen molar-refractivity contribution < 1.29 is 9.59 Å². The molecule has 68 valence electrons. The van der Waals surface area contributed by atoms with E-state index in [9.17, 15) is 9.59 Å². The molecule has 0 saturated carbocycles.